The van der Waals surface area contributed by atoms with E-state index in [1.165, 1.54) is 23.5 Å². The molecule has 0 spiro atoms. The first kappa shape index (κ1) is 17.6. The number of nitrogens with zero attached hydrogens (tertiary/aromatic N) is 2. The summed E-state index contributed by atoms with van der Waals surface area (Å²) in [4.78, 5) is 8.63. The molecule has 0 aromatic heterocycles. The SMILES string of the molecule is CCNC(=NCC1CCCO1)N1CCC(CSc2ccccc2)C1. The van der Waals surface area contributed by atoms with E-state index in [0.29, 0.717) is 6.10 Å². The number of likely N-dealkylation sites (tertiary alicyclic amines) is 1. The average molecular weight is 348 g/mol. The van der Waals surface area contributed by atoms with Crippen molar-refractivity contribution in [3.63, 3.8) is 0 Å². The van der Waals surface area contributed by atoms with E-state index in [2.05, 4.69) is 47.5 Å². The molecule has 2 saturated heterocycles. The van der Waals surface area contributed by atoms with Crippen LogP contribution in [0.25, 0.3) is 0 Å². The molecule has 1 aromatic carbocycles. The number of hydrogen-bond acceptors (Lipinski definition) is 3. The van der Waals surface area contributed by atoms with Gasteiger partial charge in [-0.3, -0.25) is 4.99 Å². The van der Waals surface area contributed by atoms with Gasteiger partial charge in [0.05, 0.1) is 12.6 Å². The van der Waals surface area contributed by atoms with Gasteiger partial charge in [0.25, 0.3) is 0 Å². The fraction of sp³-hybridized carbons (Fsp3) is 0.632. The number of guanidine groups is 1. The summed E-state index contributed by atoms with van der Waals surface area (Å²) in [7, 11) is 0. The number of hydrogen-bond donors (Lipinski definition) is 1. The predicted molar refractivity (Wildman–Crippen MR) is 102 cm³/mol. The van der Waals surface area contributed by atoms with Gasteiger partial charge in [-0.2, -0.15) is 0 Å². The maximum absolute atomic E-state index is 5.70. The van der Waals surface area contributed by atoms with E-state index in [9.17, 15) is 0 Å². The number of rotatable bonds is 6. The van der Waals surface area contributed by atoms with Crippen molar-refractivity contribution < 1.29 is 4.74 Å². The molecule has 2 aliphatic rings. The Balaban J connectivity index is 1.48. The highest BCUT2D eigenvalue weighted by molar-refractivity contribution is 7.99. The Bertz CT molecular complexity index is 517. The van der Waals surface area contributed by atoms with Gasteiger partial charge in [0.2, 0.25) is 0 Å². The summed E-state index contributed by atoms with van der Waals surface area (Å²) in [6.45, 7) is 6.97. The highest BCUT2D eigenvalue weighted by Crippen LogP contribution is 2.26. The zero-order valence-corrected chi connectivity index (χ0v) is 15.4. The van der Waals surface area contributed by atoms with E-state index in [1.54, 1.807) is 0 Å². The minimum atomic E-state index is 0.325. The second-order valence-corrected chi connectivity index (χ2v) is 7.65. The lowest BCUT2D eigenvalue weighted by molar-refractivity contribution is 0.117. The highest BCUT2D eigenvalue weighted by Gasteiger charge is 2.25. The summed E-state index contributed by atoms with van der Waals surface area (Å²) in [6.07, 6.45) is 3.91. The van der Waals surface area contributed by atoms with E-state index >= 15 is 0 Å². The summed E-state index contributed by atoms with van der Waals surface area (Å²) in [5, 5.41) is 3.46. The van der Waals surface area contributed by atoms with Crippen LogP contribution in [0.5, 0.6) is 0 Å². The molecule has 0 saturated carbocycles. The third kappa shape index (κ3) is 5.15. The van der Waals surface area contributed by atoms with Crippen molar-refractivity contribution >= 4 is 17.7 Å². The lowest BCUT2D eigenvalue weighted by Crippen LogP contribution is -2.40. The molecular weight excluding hydrogens is 318 g/mol. The first-order chi connectivity index (χ1) is 11.8. The minimum absolute atomic E-state index is 0.325. The average Bonchev–Trinajstić information content (AvgIpc) is 3.29. The topological polar surface area (TPSA) is 36.9 Å². The lowest BCUT2D eigenvalue weighted by atomic mass is 10.2. The van der Waals surface area contributed by atoms with Crippen molar-refractivity contribution in [2.45, 2.75) is 37.2 Å². The zero-order chi connectivity index (χ0) is 16.6. The van der Waals surface area contributed by atoms with Crippen LogP contribution >= 0.6 is 11.8 Å². The van der Waals surface area contributed by atoms with Crippen molar-refractivity contribution in [3.8, 4) is 0 Å². The van der Waals surface area contributed by atoms with Crippen LogP contribution in [0.1, 0.15) is 26.2 Å². The van der Waals surface area contributed by atoms with Gasteiger partial charge in [0.15, 0.2) is 5.96 Å². The van der Waals surface area contributed by atoms with E-state index in [4.69, 9.17) is 9.73 Å². The monoisotopic (exact) mass is 347 g/mol. The number of nitrogens with one attached hydrogen (secondary N) is 1. The second kappa shape index (κ2) is 9.33. The Kier molecular flexibility index (Phi) is 6.85. The van der Waals surface area contributed by atoms with Crippen molar-refractivity contribution in [2.24, 2.45) is 10.9 Å². The molecule has 2 heterocycles. The first-order valence-corrected chi connectivity index (χ1v) is 10.2. The molecule has 24 heavy (non-hydrogen) atoms. The maximum Gasteiger partial charge on any atom is 0.194 e. The summed E-state index contributed by atoms with van der Waals surface area (Å²) < 4.78 is 5.70. The van der Waals surface area contributed by atoms with Gasteiger partial charge in [-0.1, -0.05) is 18.2 Å². The quantitative estimate of drug-likeness (QED) is 0.487. The Labute approximate surface area is 150 Å². The summed E-state index contributed by atoms with van der Waals surface area (Å²) >= 11 is 1.97. The van der Waals surface area contributed by atoms with E-state index in [1.807, 2.05) is 11.8 Å². The van der Waals surface area contributed by atoms with Gasteiger partial charge in [0, 0.05) is 36.9 Å². The number of benzene rings is 1. The largest absolute Gasteiger partial charge is 0.376 e. The van der Waals surface area contributed by atoms with Gasteiger partial charge in [-0.05, 0) is 44.2 Å². The van der Waals surface area contributed by atoms with Crippen LogP contribution < -0.4 is 5.32 Å². The molecule has 1 N–H and O–H groups in total. The zero-order valence-electron chi connectivity index (χ0n) is 14.6. The van der Waals surface area contributed by atoms with Crippen LogP contribution in [0.3, 0.4) is 0 Å². The van der Waals surface area contributed by atoms with Crippen LogP contribution in [-0.2, 0) is 4.74 Å². The van der Waals surface area contributed by atoms with E-state index in [0.717, 1.165) is 51.1 Å². The molecule has 1 aromatic rings. The molecule has 5 heteroatoms. The summed E-state index contributed by atoms with van der Waals surface area (Å²) in [5.74, 6) is 2.99. The minimum Gasteiger partial charge on any atom is -0.376 e. The molecule has 3 rings (SSSR count). The molecule has 2 unspecified atom stereocenters. The Hall–Kier alpha value is -1.20. The molecule has 132 valence electrons. The molecule has 0 bridgehead atoms. The Morgan fingerprint density at radius 2 is 2.21 bits per heavy atom. The third-order valence-corrected chi connectivity index (χ3v) is 5.86. The predicted octanol–water partition coefficient (Wildman–Crippen LogP) is 3.25. The fourth-order valence-electron chi connectivity index (χ4n) is 3.29. The molecule has 4 nitrogen and oxygen atoms in total. The van der Waals surface area contributed by atoms with Gasteiger partial charge in [-0.25, -0.2) is 0 Å². The third-order valence-electron chi connectivity index (χ3n) is 4.62. The number of thioether (sulfide) groups is 1. The van der Waals surface area contributed by atoms with Crippen LogP contribution in [0.4, 0.5) is 0 Å². The molecule has 2 atom stereocenters. The molecule has 2 aliphatic heterocycles. The highest BCUT2D eigenvalue weighted by atomic mass is 32.2. The van der Waals surface area contributed by atoms with Gasteiger partial charge >= 0.3 is 0 Å². The van der Waals surface area contributed by atoms with E-state index in [-0.39, 0.29) is 0 Å². The van der Waals surface area contributed by atoms with Crippen molar-refractivity contribution in [3.05, 3.63) is 30.3 Å². The Morgan fingerprint density at radius 3 is 2.96 bits per heavy atom. The van der Waals surface area contributed by atoms with Gasteiger partial charge < -0.3 is 15.0 Å². The van der Waals surface area contributed by atoms with Gasteiger partial charge in [0.1, 0.15) is 0 Å². The maximum atomic E-state index is 5.70. The van der Waals surface area contributed by atoms with Crippen LogP contribution in [0, 0.1) is 5.92 Å². The second-order valence-electron chi connectivity index (χ2n) is 6.55. The molecule has 0 radical (unpaired) electrons. The van der Waals surface area contributed by atoms with Gasteiger partial charge in [-0.15, -0.1) is 11.8 Å². The van der Waals surface area contributed by atoms with Crippen molar-refractivity contribution in [2.75, 3.05) is 38.5 Å². The summed E-state index contributed by atoms with van der Waals surface area (Å²) in [5.41, 5.74) is 0. The number of aliphatic imine (C=N–C) groups is 1. The first-order valence-electron chi connectivity index (χ1n) is 9.18. The summed E-state index contributed by atoms with van der Waals surface area (Å²) in [6, 6.07) is 10.7. The number of ether oxygens (including phenoxy) is 1. The van der Waals surface area contributed by atoms with Crippen molar-refractivity contribution in [1.82, 2.24) is 10.2 Å². The Morgan fingerprint density at radius 1 is 1.33 bits per heavy atom. The smallest absolute Gasteiger partial charge is 0.194 e. The van der Waals surface area contributed by atoms with Crippen molar-refractivity contribution in [1.29, 1.82) is 0 Å². The molecule has 0 amide bonds. The van der Waals surface area contributed by atoms with Crippen LogP contribution in [0.15, 0.2) is 40.2 Å². The van der Waals surface area contributed by atoms with Crippen LogP contribution in [-0.4, -0.2) is 55.5 Å². The fourth-order valence-corrected chi connectivity index (χ4v) is 4.34. The van der Waals surface area contributed by atoms with Crippen LogP contribution in [0.2, 0.25) is 0 Å². The lowest BCUT2D eigenvalue weighted by Gasteiger charge is -2.22. The standard InChI is InChI=1S/C19H29N3OS/c1-2-20-19(21-13-17-7-6-12-23-17)22-11-10-16(14-22)15-24-18-8-4-3-5-9-18/h3-5,8-9,16-17H,2,6-7,10-15H2,1H3,(H,20,21). The molecule has 2 fully saturated rings. The normalized spacial score (nSPS) is 24.5. The molecule has 0 aliphatic carbocycles. The molecular formula is C19H29N3OS. The van der Waals surface area contributed by atoms with E-state index < -0.39 is 0 Å².